The largest absolute Gasteiger partial charge is 0.477 e. The first kappa shape index (κ1) is 13.1. The van der Waals surface area contributed by atoms with Crippen molar-refractivity contribution in [1.29, 1.82) is 0 Å². The van der Waals surface area contributed by atoms with Gasteiger partial charge in [0.1, 0.15) is 0 Å². The number of rotatable bonds is 2. The molecule has 3 rings (SSSR count). The third-order valence-electron chi connectivity index (χ3n) is 3.27. The number of halogens is 1. The molecule has 19 heavy (non-hydrogen) atoms. The molecule has 0 radical (unpaired) electrons. The number of nitrogens with zero attached hydrogens (tertiary/aromatic N) is 2. The number of hydrogen-bond donors (Lipinski definition) is 1. The summed E-state index contributed by atoms with van der Waals surface area (Å²) in [6.07, 6.45) is 1.77. The van der Waals surface area contributed by atoms with Crippen molar-refractivity contribution >= 4 is 34.0 Å². The average molecular weight is 305 g/mol. The van der Waals surface area contributed by atoms with Crippen LogP contribution >= 0.6 is 22.9 Å². The Bertz CT molecular complexity index is 501. The molecule has 2 saturated heterocycles. The maximum Gasteiger partial charge on any atom is 0.349 e. The van der Waals surface area contributed by atoms with Gasteiger partial charge in [-0.05, 0) is 6.42 Å². The van der Waals surface area contributed by atoms with E-state index in [2.05, 4.69) is 4.98 Å². The topological polar surface area (TPSA) is 71.9 Å². The highest BCUT2D eigenvalue weighted by Gasteiger charge is 2.41. The molecule has 1 aromatic rings. The molecule has 6 nitrogen and oxygen atoms in total. The minimum atomic E-state index is -1.05. The molecule has 0 aromatic carbocycles. The molecule has 1 N–H and O–H groups in total. The van der Waals surface area contributed by atoms with Gasteiger partial charge in [-0.15, -0.1) is 0 Å². The van der Waals surface area contributed by atoms with E-state index in [1.807, 2.05) is 4.90 Å². The summed E-state index contributed by atoms with van der Waals surface area (Å²) in [5.41, 5.74) is 0. The predicted molar refractivity (Wildman–Crippen MR) is 70.2 cm³/mol. The molecule has 3 heterocycles. The normalized spacial score (nSPS) is 22.1. The van der Waals surface area contributed by atoms with Gasteiger partial charge in [0.05, 0.1) is 19.8 Å². The van der Waals surface area contributed by atoms with Crippen molar-refractivity contribution in [2.75, 3.05) is 31.2 Å². The van der Waals surface area contributed by atoms with Crippen LogP contribution in [-0.4, -0.2) is 48.2 Å². The summed E-state index contributed by atoms with van der Waals surface area (Å²) < 4.78 is 11.4. The maximum atomic E-state index is 11.0. The van der Waals surface area contributed by atoms with Gasteiger partial charge in [0, 0.05) is 13.0 Å². The fourth-order valence-corrected chi connectivity index (χ4v) is 3.59. The van der Waals surface area contributed by atoms with Gasteiger partial charge >= 0.3 is 5.97 Å². The van der Waals surface area contributed by atoms with Crippen molar-refractivity contribution < 1.29 is 19.4 Å². The summed E-state index contributed by atoms with van der Waals surface area (Å²) >= 11 is 6.93. The summed E-state index contributed by atoms with van der Waals surface area (Å²) in [7, 11) is 0. The SMILES string of the molecule is O=C(O)c1sc(N2CCCC3(C2)OCCO3)nc1Cl. The number of piperidine rings is 1. The molecule has 8 heteroatoms. The van der Waals surface area contributed by atoms with Crippen molar-refractivity contribution in [3.05, 3.63) is 10.0 Å². The quantitative estimate of drug-likeness (QED) is 0.899. The van der Waals surface area contributed by atoms with Crippen LogP contribution in [0.3, 0.4) is 0 Å². The Morgan fingerprint density at radius 3 is 2.84 bits per heavy atom. The number of carbonyl (C=O) groups is 1. The molecule has 2 fully saturated rings. The summed E-state index contributed by atoms with van der Waals surface area (Å²) in [5, 5.41) is 9.65. The van der Waals surface area contributed by atoms with E-state index >= 15 is 0 Å². The summed E-state index contributed by atoms with van der Waals surface area (Å²) in [6.45, 7) is 2.58. The zero-order valence-corrected chi connectivity index (χ0v) is 11.7. The lowest BCUT2D eigenvalue weighted by molar-refractivity contribution is -0.161. The molecular formula is C11H13ClN2O4S. The molecule has 0 unspecified atom stereocenters. The van der Waals surface area contributed by atoms with E-state index in [4.69, 9.17) is 26.2 Å². The lowest BCUT2D eigenvalue weighted by atomic mass is 10.1. The van der Waals surface area contributed by atoms with Gasteiger partial charge in [0.25, 0.3) is 0 Å². The van der Waals surface area contributed by atoms with Crippen LogP contribution in [0.4, 0.5) is 5.13 Å². The first-order chi connectivity index (χ1) is 9.10. The van der Waals surface area contributed by atoms with Gasteiger partial charge in [0.15, 0.2) is 20.9 Å². The highest BCUT2D eigenvalue weighted by molar-refractivity contribution is 7.18. The first-order valence-electron chi connectivity index (χ1n) is 6.02. The van der Waals surface area contributed by atoms with E-state index in [-0.39, 0.29) is 10.0 Å². The Labute approximate surface area is 118 Å². The number of carboxylic acids is 1. The van der Waals surface area contributed by atoms with Crippen molar-refractivity contribution in [2.45, 2.75) is 18.6 Å². The molecule has 0 saturated carbocycles. The van der Waals surface area contributed by atoms with Gasteiger partial charge < -0.3 is 19.5 Å². The Kier molecular flexibility index (Phi) is 3.38. The molecule has 2 aliphatic heterocycles. The molecule has 2 aliphatic rings. The van der Waals surface area contributed by atoms with E-state index < -0.39 is 11.8 Å². The average Bonchev–Trinajstić information content (AvgIpc) is 2.97. The van der Waals surface area contributed by atoms with E-state index in [0.29, 0.717) is 24.9 Å². The number of ether oxygens (including phenoxy) is 2. The zero-order valence-electron chi connectivity index (χ0n) is 10.1. The van der Waals surface area contributed by atoms with Crippen LogP contribution in [0.2, 0.25) is 5.15 Å². The Morgan fingerprint density at radius 2 is 2.21 bits per heavy atom. The zero-order chi connectivity index (χ0) is 13.5. The molecule has 0 atom stereocenters. The van der Waals surface area contributed by atoms with Crippen LogP contribution in [0, 0.1) is 0 Å². The maximum absolute atomic E-state index is 11.0. The van der Waals surface area contributed by atoms with Crippen LogP contribution in [0.15, 0.2) is 0 Å². The highest BCUT2D eigenvalue weighted by atomic mass is 35.5. The standard InChI is InChI=1S/C11H13ClN2O4S/c12-8-7(9(15)16)19-10(13-8)14-3-1-2-11(6-14)17-4-5-18-11/h1-6H2,(H,15,16). The smallest absolute Gasteiger partial charge is 0.349 e. The number of aromatic carboxylic acids is 1. The van der Waals surface area contributed by atoms with Crippen molar-refractivity contribution in [3.8, 4) is 0 Å². The second-order valence-electron chi connectivity index (χ2n) is 4.55. The predicted octanol–water partition coefficient (Wildman–Crippen LogP) is 1.84. The molecule has 1 spiro atoms. The third-order valence-corrected chi connectivity index (χ3v) is 4.76. The van der Waals surface area contributed by atoms with Crippen molar-refractivity contribution in [3.63, 3.8) is 0 Å². The third kappa shape index (κ3) is 2.43. The van der Waals surface area contributed by atoms with Crippen LogP contribution in [-0.2, 0) is 9.47 Å². The first-order valence-corrected chi connectivity index (χ1v) is 7.22. The second-order valence-corrected chi connectivity index (χ2v) is 5.89. The van der Waals surface area contributed by atoms with Crippen LogP contribution in [0.25, 0.3) is 0 Å². The fraction of sp³-hybridized carbons (Fsp3) is 0.636. The van der Waals surface area contributed by atoms with Crippen molar-refractivity contribution in [2.24, 2.45) is 0 Å². The molecule has 0 amide bonds. The summed E-state index contributed by atoms with van der Waals surface area (Å²) in [6, 6.07) is 0. The fourth-order valence-electron chi connectivity index (χ4n) is 2.44. The molecule has 0 bridgehead atoms. The van der Waals surface area contributed by atoms with Crippen LogP contribution < -0.4 is 4.90 Å². The van der Waals surface area contributed by atoms with E-state index in [1.165, 1.54) is 0 Å². The molecule has 1 aromatic heterocycles. The van der Waals surface area contributed by atoms with Gasteiger partial charge in [0.2, 0.25) is 0 Å². The number of aromatic nitrogens is 1. The lowest BCUT2D eigenvalue weighted by Crippen LogP contribution is -2.49. The number of carboxylic acid groups (broad SMARTS) is 1. The summed E-state index contributed by atoms with van der Waals surface area (Å²) in [5.74, 6) is -1.60. The Morgan fingerprint density at radius 1 is 1.47 bits per heavy atom. The second kappa shape index (κ2) is 4.90. The van der Waals surface area contributed by atoms with Gasteiger partial charge in [-0.25, -0.2) is 9.78 Å². The minimum absolute atomic E-state index is 0.0420. The Hall–Kier alpha value is -0.890. The Balaban J connectivity index is 1.82. The van der Waals surface area contributed by atoms with Crippen LogP contribution in [0.5, 0.6) is 0 Å². The summed E-state index contributed by atoms with van der Waals surface area (Å²) in [4.78, 5) is 17.2. The lowest BCUT2D eigenvalue weighted by Gasteiger charge is -2.38. The van der Waals surface area contributed by atoms with E-state index in [1.54, 1.807) is 0 Å². The number of hydrogen-bond acceptors (Lipinski definition) is 6. The monoisotopic (exact) mass is 304 g/mol. The van der Waals surface area contributed by atoms with Crippen molar-refractivity contribution in [1.82, 2.24) is 4.98 Å². The number of thiazole rings is 1. The van der Waals surface area contributed by atoms with E-state index in [9.17, 15) is 4.79 Å². The van der Waals surface area contributed by atoms with Gasteiger partial charge in [-0.3, -0.25) is 0 Å². The molecule has 0 aliphatic carbocycles. The highest BCUT2D eigenvalue weighted by Crippen LogP contribution is 2.36. The number of anilines is 1. The van der Waals surface area contributed by atoms with Crippen LogP contribution in [0.1, 0.15) is 22.5 Å². The van der Waals surface area contributed by atoms with E-state index in [0.717, 1.165) is 30.7 Å². The molecule has 104 valence electrons. The van der Waals surface area contributed by atoms with Gasteiger partial charge in [-0.1, -0.05) is 22.9 Å². The van der Waals surface area contributed by atoms with Gasteiger partial charge in [-0.2, -0.15) is 0 Å². The minimum Gasteiger partial charge on any atom is -0.477 e. The molecular weight excluding hydrogens is 292 g/mol.